The number of hydrogen-bond acceptors (Lipinski definition) is 2. The van der Waals surface area contributed by atoms with Crippen molar-refractivity contribution in [3.8, 4) is 0 Å². The molecule has 1 heterocycles. The molecule has 0 saturated carbocycles. The van der Waals surface area contributed by atoms with E-state index in [4.69, 9.17) is 12.2 Å². The molecule has 1 nitrogen and oxygen atoms in total. The second-order valence-corrected chi connectivity index (χ2v) is 4.63. The number of fused-ring (bicyclic) bond motifs is 1. The maximum absolute atomic E-state index is 5.21. The number of thioether (sulfide) groups is 1. The molecule has 0 fully saturated rings. The van der Waals surface area contributed by atoms with E-state index in [1.165, 1.54) is 17.1 Å². The van der Waals surface area contributed by atoms with Gasteiger partial charge in [0.05, 0.1) is 10.7 Å². The van der Waals surface area contributed by atoms with E-state index < -0.39 is 0 Å². The molecule has 68 valence electrons. The highest BCUT2D eigenvalue weighted by Crippen LogP contribution is 2.29. The normalized spacial score (nSPS) is 16.8. The summed E-state index contributed by atoms with van der Waals surface area (Å²) in [4.78, 5) is 2.28. The molecule has 0 unspecified atom stereocenters. The maximum Gasteiger partial charge on any atom is 0.0797 e. The molecule has 0 bridgehead atoms. The summed E-state index contributed by atoms with van der Waals surface area (Å²) in [6.45, 7) is 0. The third-order valence-electron chi connectivity index (χ3n) is 1.97. The number of benzene rings is 1. The van der Waals surface area contributed by atoms with Crippen molar-refractivity contribution in [1.29, 1.82) is 0 Å². The van der Waals surface area contributed by atoms with Gasteiger partial charge in [-0.2, -0.15) is 0 Å². The lowest BCUT2D eigenvalue weighted by Gasteiger charge is -2.15. The van der Waals surface area contributed by atoms with E-state index in [1.807, 2.05) is 17.8 Å². The highest BCUT2D eigenvalue weighted by atomic mass is 32.2. The molecule has 1 aliphatic rings. The average Bonchev–Trinajstić information content (AvgIpc) is 2.11. The highest BCUT2D eigenvalue weighted by molar-refractivity contribution is 7.99. The summed E-state index contributed by atoms with van der Waals surface area (Å²) in [6.07, 6.45) is 2.18. The molecule has 0 atom stereocenters. The van der Waals surface area contributed by atoms with Crippen molar-refractivity contribution >= 4 is 34.7 Å². The summed E-state index contributed by atoms with van der Waals surface area (Å²) in [5.41, 5.74) is 1.16. The van der Waals surface area contributed by atoms with Gasteiger partial charge in [-0.05, 0) is 30.7 Å². The fraction of sp³-hybridized carbons (Fsp3) is 0.300. The van der Waals surface area contributed by atoms with Crippen LogP contribution in [0.2, 0.25) is 0 Å². The molecule has 13 heavy (non-hydrogen) atoms. The summed E-state index contributed by atoms with van der Waals surface area (Å²) in [6, 6.07) is 8.33. The molecule has 0 spiro atoms. The summed E-state index contributed by atoms with van der Waals surface area (Å²) >= 11 is 7.11. The van der Waals surface area contributed by atoms with Crippen LogP contribution in [0.15, 0.2) is 29.2 Å². The quantitative estimate of drug-likeness (QED) is 0.658. The predicted molar refractivity (Wildman–Crippen MR) is 62.6 cm³/mol. The molecule has 0 aromatic heterocycles. The smallest absolute Gasteiger partial charge is 0.0797 e. The molecular formula is C10H11NS2. The Morgan fingerprint density at radius 2 is 2.15 bits per heavy atom. The highest BCUT2D eigenvalue weighted by Gasteiger charge is 2.07. The van der Waals surface area contributed by atoms with Crippen molar-refractivity contribution in [2.24, 2.45) is 0 Å². The van der Waals surface area contributed by atoms with Crippen molar-refractivity contribution < 1.29 is 0 Å². The van der Waals surface area contributed by atoms with Gasteiger partial charge in [0, 0.05) is 4.90 Å². The Kier molecular flexibility index (Phi) is 2.86. The van der Waals surface area contributed by atoms with E-state index in [2.05, 4.69) is 23.5 Å². The van der Waals surface area contributed by atoms with Gasteiger partial charge in [0.2, 0.25) is 0 Å². The van der Waals surface area contributed by atoms with Crippen LogP contribution in [-0.4, -0.2) is 10.7 Å². The number of para-hydroxylation sites is 1. The van der Waals surface area contributed by atoms with Crippen molar-refractivity contribution in [2.75, 3.05) is 11.1 Å². The first kappa shape index (κ1) is 9.03. The Bertz CT molecular complexity index is 322. The molecule has 1 aliphatic heterocycles. The number of thiocarbonyl (C=S) groups is 1. The van der Waals surface area contributed by atoms with Crippen molar-refractivity contribution in [3.05, 3.63) is 24.3 Å². The van der Waals surface area contributed by atoms with Crippen molar-refractivity contribution in [3.63, 3.8) is 0 Å². The van der Waals surface area contributed by atoms with Gasteiger partial charge < -0.3 is 5.32 Å². The second-order valence-electron chi connectivity index (χ2n) is 3.00. The fourth-order valence-corrected chi connectivity index (χ4v) is 2.54. The molecule has 2 rings (SSSR count). The first-order valence-corrected chi connectivity index (χ1v) is 5.77. The SMILES string of the molecule is S=C1CCCSc2ccccc2N1. The molecule has 0 saturated heterocycles. The largest absolute Gasteiger partial charge is 0.349 e. The van der Waals surface area contributed by atoms with Crippen LogP contribution < -0.4 is 5.32 Å². The zero-order chi connectivity index (χ0) is 9.10. The molecule has 0 radical (unpaired) electrons. The molecule has 1 aromatic carbocycles. The van der Waals surface area contributed by atoms with Crippen LogP contribution in [0.1, 0.15) is 12.8 Å². The molecule has 1 N–H and O–H groups in total. The fourth-order valence-electron chi connectivity index (χ4n) is 1.32. The standard InChI is InChI=1S/C10H11NS2/c12-10-6-3-7-13-9-5-2-1-4-8(9)11-10/h1-2,4-5H,3,6-7H2,(H,11,12). The zero-order valence-electron chi connectivity index (χ0n) is 7.25. The van der Waals surface area contributed by atoms with Gasteiger partial charge in [0.1, 0.15) is 0 Å². The minimum atomic E-state index is 0.966. The summed E-state index contributed by atoms with van der Waals surface area (Å²) in [7, 11) is 0. The van der Waals surface area contributed by atoms with Crippen LogP contribution in [0.25, 0.3) is 0 Å². The molecule has 0 aliphatic carbocycles. The van der Waals surface area contributed by atoms with Gasteiger partial charge in [-0.15, -0.1) is 11.8 Å². The van der Waals surface area contributed by atoms with Gasteiger partial charge in [-0.25, -0.2) is 0 Å². The van der Waals surface area contributed by atoms with E-state index >= 15 is 0 Å². The van der Waals surface area contributed by atoms with Crippen LogP contribution in [0.3, 0.4) is 0 Å². The van der Waals surface area contributed by atoms with E-state index in [0.29, 0.717) is 0 Å². The lowest BCUT2D eigenvalue weighted by atomic mass is 10.3. The van der Waals surface area contributed by atoms with E-state index in [0.717, 1.165) is 17.1 Å². The zero-order valence-corrected chi connectivity index (χ0v) is 8.88. The van der Waals surface area contributed by atoms with Crippen molar-refractivity contribution in [2.45, 2.75) is 17.7 Å². The van der Waals surface area contributed by atoms with E-state index in [1.54, 1.807) is 0 Å². The predicted octanol–water partition coefficient (Wildman–Crippen LogP) is 3.31. The first-order chi connectivity index (χ1) is 6.36. The average molecular weight is 209 g/mol. The van der Waals surface area contributed by atoms with E-state index in [9.17, 15) is 0 Å². The third-order valence-corrected chi connectivity index (χ3v) is 3.43. The molecule has 0 amide bonds. The Balaban J connectivity index is 2.30. The summed E-state index contributed by atoms with van der Waals surface area (Å²) in [5.74, 6) is 1.17. The number of hydrogen-bond donors (Lipinski definition) is 1. The summed E-state index contributed by atoms with van der Waals surface area (Å²) < 4.78 is 0. The lowest BCUT2D eigenvalue weighted by molar-refractivity contribution is 1.01. The topological polar surface area (TPSA) is 12.0 Å². The summed E-state index contributed by atoms with van der Waals surface area (Å²) in [5, 5.41) is 3.27. The van der Waals surface area contributed by atoms with Gasteiger partial charge in [-0.1, -0.05) is 24.4 Å². The van der Waals surface area contributed by atoms with Crippen LogP contribution in [0.4, 0.5) is 5.69 Å². The lowest BCUT2D eigenvalue weighted by Crippen LogP contribution is -2.11. The Labute approximate surface area is 87.9 Å². The first-order valence-electron chi connectivity index (χ1n) is 4.38. The number of nitrogens with one attached hydrogen (secondary N) is 1. The van der Waals surface area contributed by atoms with Crippen LogP contribution in [0.5, 0.6) is 0 Å². The van der Waals surface area contributed by atoms with Crippen molar-refractivity contribution in [1.82, 2.24) is 0 Å². The van der Waals surface area contributed by atoms with Gasteiger partial charge in [-0.3, -0.25) is 0 Å². The maximum atomic E-state index is 5.21. The van der Waals surface area contributed by atoms with Gasteiger partial charge >= 0.3 is 0 Å². The molecular weight excluding hydrogens is 198 g/mol. The van der Waals surface area contributed by atoms with Crippen LogP contribution in [-0.2, 0) is 0 Å². The number of anilines is 1. The van der Waals surface area contributed by atoms with Crippen LogP contribution >= 0.6 is 24.0 Å². The van der Waals surface area contributed by atoms with Crippen LogP contribution in [0, 0.1) is 0 Å². The minimum Gasteiger partial charge on any atom is -0.349 e. The Morgan fingerprint density at radius 3 is 3.08 bits per heavy atom. The molecule has 1 aromatic rings. The Morgan fingerprint density at radius 1 is 1.31 bits per heavy atom. The molecule has 3 heteroatoms. The third kappa shape index (κ3) is 2.23. The number of rotatable bonds is 0. The second kappa shape index (κ2) is 4.11. The Hall–Kier alpha value is -0.540. The van der Waals surface area contributed by atoms with Gasteiger partial charge in [0.25, 0.3) is 0 Å². The monoisotopic (exact) mass is 209 g/mol. The minimum absolute atomic E-state index is 0.966. The van der Waals surface area contributed by atoms with Gasteiger partial charge in [0.15, 0.2) is 0 Å². The van der Waals surface area contributed by atoms with E-state index in [-0.39, 0.29) is 0 Å².